The zero-order valence-corrected chi connectivity index (χ0v) is 18.6. The van der Waals surface area contributed by atoms with Gasteiger partial charge in [-0.25, -0.2) is 4.99 Å². The highest BCUT2D eigenvalue weighted by molar-refractivity contribution is 14.0. The third kappa shape index (κ3) is 9.89. The van der Waals surface area contributed by atoms with Crippen LogP contribution >= 0.6 is 24.0 Å². The molecule has 3 N–H and O–H groups in total. The first-order chi connectivity index (χ1) is 11.4. The van der Waals surface area contributed by atoms with E-state index in [2.05, 4.69) is 55.1 Å². The van der Waals surface area contributed by atoms with Crippen LogP contribution in [0.5, 0.6) is 5.75 Å². The van der Waals surface area contributed by atoms with Crippen LogP contribution in [-0.2, 0) is 6.54 Å². The molecule has 0 spiro atoms. The van der Waals surface area contributed by atoms with Gasteiger partial charge in [-0.15, -0.1) is 24.0 Å². The Labute approximate surface area is 170 Å². The number of hydrogen-bond donors (Lipinski definition) is 3. The summed E-state index contributed by atoms with van der Waals surface area (Å²) in [5, 5.41) is 16.2. The highest BCUT2D eigenvalue weighted by Gasteiger charge is 2.12. The van der Waals surface area contributed by atoms with E-state index >= 15 is 0 Å². The fourth-order valence-corrected chi connectivity index (χ4v) is 2.75. The number of halogens is 1. The van der Waals surface area contributed by atoms with Gasteiger partial charge in [0.15, 0.2) is 5.96 Å². The van der Waals surface area contributed by atoms with Gasteiger partial charge in [-0.1, -0.05) is 12.1 Å². The Morgan fingerprint density at radius 2 is 1.84 bits per heavy atom. The van der Waals surface area contributed by atoms with Crippen molar-refractivity contribution < 1.29 is 5.11 Å². The SMILES string of the molecule is CCNC(=NCc1cccc(O)c1)NCCCN(C(C)C)C(C)C.I. The molecule has 0 amide bonds. The van der Waals surface area contributed by atoms with Crippen molar-refractivity contribution in [3.05, 3.63) is 29.8 Å². The smallest absolute Gasteiger partial charge is 0.191 e. The molecule has 144 valence electrons. The second-order valence-corrected chi connectivity index (χ2v) is 6.57. The van der Waals surface area contributed by atoms with Gasteiger partial charge in [-0.3, -0.25) is 4.90 Å². The predicted molar refractivity (Wildman–Crippen MR) is 118 cm³/mol. The Balaban J connectivity index is 0.00000576. The highest BCUT2D eigenvalue weighted by atomic mass is 127. The number of hydrogen-bond acceptors (Lipinski definition) is 3. The molecule has 25 heavy (non-hydrogen) atoms. The van der Waals surface area contributed by atoms with Crippen molar-refractivity contribution >= 4 is 29.9 Å². The molecule has 6 heteroatoms. The molecule has 0 aliphatic rings. The van der Waals surface area contributed by atoms with Crippen LogP contribution in [0.4, 0.5) is 0 Å². The number of aliphatic imine (C=N–C) groups is 1. The summed E-state index contributed by atoms with van der Waals surface area (Å²) < 4.78 is 0. The second kappa shape index (κ2) is 13.2. The lowest BCUT2D eigenvalue weighted by Crippen LogP contribution is -2.41. The molecule has 0 aromatic heterocycles. The Hall–Kier alpha value is -1.02. The Kier molecular flexibility index (Phi) is 12.7. The van der Waals surface area contributed by atoms with E-state index in [0.29, 0.717) is 18.6 Å². The van der Waals surface area contributed by atoms with Gasteiger partial charge in [-0.2, -0.15) is 0 Å². The van der Waals surface area contributed by atoms with Gasteiger partial charge in [0.25, 0.3) is 0 Å². The molecule has 0 saturated carbocycles. The van der Waals surface area contributed by atoms with Crippen molar-refractivity contribution in [3.63, 3.8) is 0 Å². The van der Waals surface area contributed by atoms with E-state index in [1.165, 1.54) is 0 Å². The third-order valence-electron chi connectivity index (χ3n) is 3.89. The maximum absolute atomic E-state index is 9.51. The molecule has 1 aromatic carbocycles. The van der Waals surface area contributed by atoms with Gasteiger partial charge in [-0.05, 0) is 58.7 Å². The molecule has 1 aromatic rings. The first-order valence-corrected chi connectivity index (χ1v) is 8.99. The van der Waals surface area contributed by atoms with Gasteiger partial charge in [0, 0.05) is 31.7 Å². The lowest BCUT2D eigenvalue weighted by molar-refractivity contribution is 0.173. The number of benzene rings is 1. The molecule has 0 saturated heterocycles. The molecule has 0 aliphatic carbocycles. The standard InChI is InChI=1S/C19H34N4O.HI/c1-6-20-19(22-14-17-9-7-10-18(24)13-17)21-11-8-12-23(15(2)3)16(4)5;/h7,9-10,13,15-16,24H,6,8,11-12,14H2,1-5H3,(H2,20,21,22);1H. The molecule has 0 radical (unpaired) electrons. The average Bonchev–Trinajstić information content (AvgIpc) is 2.51. The lowest BCUT2D eigenvalue weighted by Gasteiger charge is -2.30. The first-order valence-electron chi connectivity index (χ1n) is 8.99. The first kappa shape index (κ1) is 24.0. The quantitative estimate of drug-likeness (QED) is 0.227. The van der Waals surface area contributed by atoms with Crippen LogP contribution in [0.25, 0.3) is 0 Å². The summed E-state index contributed by atoms with van der Waals surface area (Å²) in [6.45, 7) is 14.4. The van der Waals surface area contributed by atoms with E-state index in [1.807, 2.05) is 12.1 Å². The molecule has 0 heterocycles. The number of aromatic hydroxyl groups is 1. The zero-order chi connectivity index (χ0) is 17.9. The molecule has 5 nitrogen and oxygen atoms in total. The van der Waals surface area contributed by atoms with Crippen molar-refractivity contribution in [1.29, 1.82) is 0 Å². The molecule has 0 fully saturated rings. The monoisotopic (exact) mass is 462 g/mol. The maximum Gasteiger partial charge on any atom is 0.191 e. The van der Waals surface area contributed by atoms with Crippen LogP contribution in [0.15, 0.2) is 29.3 Å². The van der Waals surface area contributed by atoms with Gasteiger partial charge in [0.2, 0.25) is 0 Å². The van der Waals surface area contributed by atoms with E-state index in [4.69, 9.17) is 0 Å². The van der Waals surface area contributed by atoms with Crippen LogP contribution < -0.4 is 10.6 Å². The number of phenols is 1. The summed E-state index contributed by atoms with van der Waals surface area (Å²) in [6.07, 6.45) is 1.08. The van der Waals surface area contributed by atoms with E-state index in [9.17, 15) is 5.11 Å². The fraction of sp³-hybridized carbons (Fsp3) is 0.632. The topological polar surface area (TPSA) is 59.9 Å². The van der Waals surface area contributed by atoms with Crippen molar-refractivity contribution in [2.75, 3.05) is 19.6 Å². The average molecular weight is 462 g/mol. The third-order valence-corrected chi connectivity index (χ3v) is 3.89. The molecular formula is C19H35IN4O. The molecule has 1 rings (SSSR count). The van der Waals surface area contributed by atoms with Crippen molar-refractivity contribution in [3.8, 4) is 5.75 Å². The predicted octanol–water partition coefficient (Wildman–Crippen LogP) is 3.57. The minimum Gasteiger partial charge on any atom is -0.508 e. The number of nitrogens with one attached hydrogen (secondary N) is 2. The summed E-state index contributed by atoms with van der Waals surface area (Å²) in [6, 6.07) is 8.36. The molecule has 0 aliphatic heterocycles. The molecule has 0 atom stereocenters. The minimum absolute atomic E-state index is 0. The largest absolute Gasteiger partial charge is 0.508 e. The summed E-state index contributed by atoms with van der Waals surface area (Å²) in [5.74, 6) is 1.10. The molecule has 0 unspecified atom stereocenters. The summed E-state index contributed by atoms with van der Waals surface area (Å²) in [5.41, 5.74) is 0.998. The number of rotatable bonds is 9. The lowest BCUT2D eigenvalue weighted by atomic mass is 10.2. The number of guanidine groups is 1. The Morgan fingerprint density at radius 1 is 1.16 bits per heavy atom. The van der Waals surface area contributed by atoms with Gasteiger partial charge >= 0.3 is 0 Å². The highest BCUT2D eigenvalue weighted by Crippen LogP contribution is 2.11. The van der Waals surface area contributed by atoms with Crippen LogP contribution in [-0.4, -0.2) is 47.7 Å². The van der Waals surface area contributed by atoms with Gasteiger partial charge < -0.3 is 15.7 Å². The van der Waals surface area contributed by atoms with E-state index in [0.717, 1.165) is 37.6 Å². The van der Waals surface area contributed by atoms with Gasteiger partial charge in [0.05, 0.1) is 6.54 Å². The van der Waals surface area contributed by atoms with E-state index in [-0.39, 0.29) is 29.7 Å². The minimum atomic E-state index is 0. The van der Waals surface area contributed by atoms with Crippen LogP contribution in [0, 0.1) is 0 Å². The summed E-state index contributed by atoms with van der Waals surface area (Å²) in [4.78, 5) is 7.08. The van der Waals surface area contributed by atoms with Crippen LogP contribution in [0.3, 0.4) is 0 Å². The molecular weight excluding hydrogens is 427 g/mol. The fourth-order valence-electron chi connectivity index (χ4n) is 2.75. The van der Waals surface area contributed by atoms with E-state index in [1.54, 1.807) is 12.1 Å². The van der Waals surface area contributed by atoms with E-state index < -0.39 is 0 Å². The maximum atomic E-state index is 9.51. The summed E-state index contributed by atoms with van der Waals surface area (Å²) in [7, 11) is 0. The van der Waals surface area contributed by atoms with Gasteiger partial charge in [0.1, 0.15) is 5.75 Å². The second-order valence-electron chi connectivity index (χ2n) is 6.57. The van der Waals surface area contributed by atoms with Crippen molar-refractivity contribution in [2.45, 2.75) is 59.7 Å². The normalized spacial score (nSPS) is 11.8. The molecule has 0 bridgehead atoms. The van der Waals surface area contributed by atoms with Crippen molar-refractivity contribution in [1.82, 2.24) is 15.5 Å². The number of nitrogens with zero attached hydrogens (tertiary/aromatic N) is 2. The summed E-state index contributed by atoms with van der Waals surface area (Å²) >= 11 is 0. The Morgan fingerprint density at radius 3 is 2.40 bits per heavy atom. The Bertz CT molecular complexity index is 498. The van der Waals surface area contributed by atoms with Crippen LogP contribution in [0.2, 0.25) is 0 Å². The number of phenolic OH excluding ortho intramolecular Hbond substituents is 1. The van der Waals surface area contributed by atoms with Crippen LogP contribution in [0.1, 0.15) is 46.6 Å². The zero-order valence-electron chi connectivity index (χ0n) is 16.2. The van der Waals surface area contributed by atoms with Crippen molar-refractivity contribution in [2.24, 2.45) is 4.99 Å².